The second-order valence-electron chi connectivity index (χ2n) is 6.18. The van der Waals surface area contributed by atoms with E-state index in [9.17, 15) is 4.39 Å². The summed E-state index contributed by atoms with van der Waals surface area (Å²) in [6.45, 7) is 4.97. The van der Waals surface area contributed by atoms with Gasteiger partial charge in [0.1, 0.15) is 5.82 Å². The Balaban J connectivity index is 1.57. The summed E-state index contributed by atoms with van der Waals surface area (Å²) in [6.07, 6.45) is 7.43. The number of rotatable bonds is 4. The van der Waals surface area contributed by atoms with Crippen LogP contribution in [0.2, 0.25) is 0 Å². The Morgan fingerprint density at radius 2 is 2.16 bits per heavy atom. The Bertz CT molecular complexity index is 494. The highest BCUT2D eigenvalue weighted by Gasteiger charge is 2.35. The Hall–Kier alpha value is -1.15. The van der Waals surface area contributed by atoms with Gasteiger partial charge in [-0.15, -0.1) is 0 Å². The molecule has 4 unspecified atom stereocenters. The van der Waals surface area contributed by atoms with Gasteiger partial charge in [0.05, 0.1) is 0 Å². The first-order chi connectivity index (χ1) is 9.13. The maximum atomic E-state index is 13.6. The van der Waals surface area contributed by atoms with Crippen molar-refractivity contribution in [1.29, 1.82) is 0 Å². The van der Waals surface area contributed by atoms with E-state index >= 15 is 0 Å². The van der Waals surface area contributed by atoms with Gasteiger partial charge in [-0.3, -0.25) is 0 Å². The molecule has 3 rings (SSSR count). The van der Waals surface area contributed by atoms with E-state index in [1.807, 2.05) is 12.1 Å². The third-order valence-electron chi connectivity index (χ3n) is 4.80. The van der Waals surface area contributed by atoms with Crippen molar-refractivity contribution in [1.82, 2.24) is 5.32 Å². The van der Waals surface area contributed by atoms with Crippen LogP contribution in [0.5, 0.6) is 0 Å². The van der Waals surface area contributed by atoms with Crippen molar-refractivity contribution in [3.63, 3.8) is 0 Å². The molecule has 0 aromatic heterocycles. The maximum absolute atomic E-state index is 13.6. The van der Waals surface area contributed by atoms with Crippen molar-refractivity contribution < 1.29 is 4.39 Å². The number of halogens is 1. The van der Waals surface area contributed by atoms with Crippen LogP contribution in [-0.4, -0.2) is 6.54 Å². The fourth-order valence-corrected chi connectivity index (χ4v) is 3.45. The lowest BCUT2D eigenvalue weighted by molar-refractivity contribution is 0.392. The van der Waals surface area contributed by atoms with E-state index in [1.54, 1.807) is 13.0 Å². The van der Waals surface area contributed by atoms with Crippen LogP contribution in [0, 0.1) is 30.5 Å². The number of aryl methyl sites for hydroxylation is 1. The standard InChI is InChI=1S/C17H22FN/c1-11-3-5-14(9-17(11)18)12(2)19-10-16-8-13-4-6-15(16)7-13/h3-6,9,12-13,15-16,19H,7-8,10H2,1-2H3. The van der Waals surface area contributed by atoms with E-state index in [4.69, 9.17) is 0 Å². The van der Waals surface area contributed by atoms with Gasteiger partial charge in [0, 0.05) is 6.04 Å². The van der Waals surface area contributed by atoms with Crippen molar-refractivity contribution in [2.24, 2.45) is 17.8 Å². The second-order valence-corrected chi connectivity index (χ2v) is 6.18. The molecule has 2 aliphatic rings. The van der Waals surface area contributed by atoms with E-state index in [0.29, 0.717) is 5.56 Å². The lowest BCUT2D eigenvalue weighted by Gasteiger charge is -2.22. The molecular weight excluding hydrogens is 237 g/mol. The normalized spacial score (nSPS) is 29.9. The van der Waals surface area contributed by atoms with Crippen LogP contribution in [0.3, 0.4) is 0 Å². The van der Waals surface area contributed by atoms with E-state index in [-0.39, 0.29) is 11.9 Å². The molecule has 19 heavy (non-hydrogen) atoms. The van der Waals surface area contributed by atoms with Crippen LogP contribution in [0.15, 0.2) is 30.4 Å². The quantitative estimate of drug-likeness (QED) is 0.806. The number of benzene rings is 1. The third kappa shape index (κ3) is 2.59. The van der Waals surface area contributed by atoms with Crippen LogP contribution >= 0.6 is 0 Å². The minimum atomic E-state index is -0.103. The Kier molecular flexibility index (Phi) is 3.44. The molecule has 4 atom stereocenters. The molecule has 1 fully saturated rings. The number of allylic oxidation sites excluding steroid dienone is 2. The molecule has 0 saturated heterocycles. The Morgan fingerprint density at radius 1 is 1.32 bits per heavy atom. The smallest absolute Gasteiger partial charge is 0.126 e. The molecule has 1 aromatic rings. The van der Waals surface area contributed by atoms with Crippen molar-refractivity contribution in [3.8, 4) is 0 Å². The summed E-state index contributed by atoms with van der Waals surface area (Å²) < 4.78 is 13.6. The summed E-state index contributed by atoms with van der Waals surface area (Å²) in [5.74, 6) is 2.27. The molecule has 0 radical (unpaired) electrons. The Labute approximate surface area is 114 Å². The summed E-state index contributed by atoms with van der Waals surface area (Å²) in [6, 6.07) is 5.77. The van der Waals surface area contributed by atoms with Gasteiger partial charge >= 0.3 is 0 Å². The Morgan fingerprint density at radius 3 is 2.79 bits per heavy atom. The highest BCUT2D eigenvalue weighted by molar-refractivity contribution is 5.25. The predicted molar refractivity (Wildman–Crippen MR) is 76.4 cm³/mol. The summed E-state index contributed by atoms with van der Waals surface area (Å²) in [4.78, 5) is 0. The number of nitrogens with one attached hydrogen (secondary N) is 1. The van der Waals surface area contributed by atoms with Crippen molar-refractivity contribution in [2.45, 2.75) is 32.7 Å². The average Bonchev–Trinajstić information content (AvgIpc) is 3.01. The highest BCUT2D eigenvalue weighted by Crippen LogP contribution is 2.43. The summed E-state index contributed by atoms with van der Waals surface area (Å²) in [5.41, 5.74) is 1.76. The largest absolute Gasteiger partial charge is 0.310 e. The molecule has 1 saturated carbocycles. The van der Waals surface area contributed by atoms with Crippen molar-refractivity contribution in [2.75, 3.05) is 6.54 Å². The van der Waals surface area contributed by atoms with Gasteiger partial charge in [-0.05, 0) is 68.2 Å². The zero-order chi connectivity index (χ0) is 13.4. The lowest BCUT2D eigenvalue weighted by Crippen LogP contribution is -2.27. The second kappa shape index (κ2) is 5.09. The van der Waals surface area contributed by atoms with Gasteiger partial charge in [-0.25, -0.2) is 4.39 Å². The summed E-state index contributed by atoms with van der Waals surface area (Å²) >= 11 is 0. The third-order valence-corrected chi connectivity index (χ3v) is 4.80. The molecule has 0 spiro atoms. The first kappa shape index (κ1) is 12.9. The molecule has 1 aromatic carbocycles. The molecule has 1 N–H and O–H groups in total. The van der Waals surface area contributed by atoms with Gasteiger partial charge in [0.25, 0.3) is 0 Å². The maximum Gasteiger partial charge on any atom is 0.126 e. The van der Waals surface area contributed by atoms with Crippen LogP contribution in [-0.2, 0) is 0 Å². The average molecular weight is 259 g/mol. The SMILES string of the molecule is Cc1ccc(C(C)NCC2CC3C=CC2C3)cc1F. The molecule has 1 nitrogen and oxygen atoms in total. The summed E-state index contributed by atoms with van der Waals surface area (Å²) in [5, 5.41) is 3.57. The first-order valence-corrected chi connectivity index (χ1v) is 7.31. The number of hydrogen-bond acceptors (Lipinski definition) is 1. The monoisotopic (exact) mass is 259 g/mol. The van der Waals surface area contributed by atoms with E-state index in [0.717, 1.165) is 29.9 Å². The van der Waals surface area contributed by atoms with Gasteiger partial charge in [-0.1, -0.05) is 24.3 Å². The fraction of sp³-hybridized carbons (Fsp3) is 0.529. The van der Waals surface area contributed by atoms with Crippen LogP contribution < -0.4 is 5.32 Å². The summed E-state index contributed by atoms with van der Waals surface area (Å²) in [7, 11) is 0. The van der Waals surface area contributed by atoms with Crippen molar-refractivity contribution in [3.05, 3.63) is 47.3 Å². The van der Waals surface area contributed by atoms with Gasteiger partial charge in [0.2, 0.25) is 0 Å². The van der Waals surface area contributed by atoms with E-state index < -0.39 is 0 Å². The number of fused-ring (bicyclic) bond motifs is 2. The zero-order valence-corrected chi connectivity index (χ0v) is 11.7. The topological polar surface area (TPSA) is 12.0 Å². The zero-order valence-electron chi connectivity index (χ0n) is 11.7. The fourth-order valence-electron chi connectivity index (χ4n) is 3.45. The molecule has 2 bridgehead atoms. The molecule has 0 aliphatic heterocycles. The molecule has 0 amide bonds. The molecular formula is C17H22FN. The molecule has 102 valence electrons. The highest BCUT2D eigenvalue weighted by atomic mass is 19.1. The van der Waals surface area contributed by atoms with Gasteiger partial charge in [-0.2, -0.15) is 0 Å². The van der Waals surface area contributed by atoms with Gasteiger partial charge < -0.3 is 5.32 Å². The lowest BCUT2D eigenvalue weighted by atomic mass is 9.93. The minimum Gasteiger partial charge on any atom is -0.310 e. The molecule has 2 heteroatoms. The van der Waals surface area contributed by atoms with Crippen LogP contribution in [0.4, 0.5) is 4.39 Å². The minimum absolute atomic E-state index is 0.103. The van der Waals surface area contributed by atoms with Gasteiger partial charge in [0.15, 0.2) is 0 Å². The molecule has 0 heterocycles. The first-order valence-electron chi connectivity index (χ1n) is 7.31. The number of hydrogen-bond donors (Lipinski definition) is 1. The predicted octanol–water partition coefficient (Wildman–Crippen LogP) is 4.00. The van der Waals surface area contributed by atoms with Crippen molar-refractivity contribution >= 4 is 0 Å². The van der Waals surface area contributed by atoms with Crippen LogP contribution in [0.1, 0.15) is 36.9 Å². The molecule has 2 aliphatic carbocycles. The van der Waals surface area contributed by atoms with E-state index in [1.165, 1.54) is 12.8 Å². The van der Waals surface area contributed by atoms with Crippen LogP contribution in [0.25, 0.3) is 0 Å². The van der Waals surface area contributed by atoms with E-state index in [2.05, 4.69) is 24.4 Å².